The Bertz CT molecular complexity index is 1000. The number of fused-ring (bicyclic) bond motifs is 1. The molecule has 1 aromatic carbocycles. The van der Waals surface area contributed by atoms with Gasteiger partial charge in [-0.15, -0.1) is 11.3 Å². The second-order valence-corrected chi connectivity index (χ2v) is 9.06. The third kappa shape index (κ3) is 5.99. The fourth-order valence-corrected chi connectivity index (χ4v) is 4.54. The summed E-state index contributed by atoms with van der Waals surface area (Å²) in [5.41, 5.74) is 1.79. The van der Waals surface area contributed by atoms with E-state index in [9.17, 15) is 5.11 Å². The van der Waals surface area contributed by atoms with Crippen LogP contribution in [0.1, 0.15) is 40.5 Å². The van der Waals surface area contributed by atoms with E-state index in [0.717, 1.165) is 37.6 Å². The second kappa shape index (κ2) is 11.0. The summed E-state index contributed by atoms with van der Waals surface area (Å²) in [5.74, 6) is 0.698. The van der Waals surface area contributed by atoms with Gasteiger partial charge in [-0.05, 0) is 51.9 Å². The molecule has 0 spiro atoms. The van der Waals surface area contributed by atoms with Crippen LogP contribution in [0.2, 0.25) is 5.02 Å². The van der Waals surface area contributed by atoms with Crippen LogP contribution in [0.4, 0.5) is 5.13 Å². The predicted octanol–water partition coefficient (Wildman–Crippen LogP) is 6.04. The van der Waals surface area contributed by atoms with Gasteiger partial charge in [0.1, 0.15) is 28.8 Å². The summed E-state index contributed by atoms with van der Waals surface area (Å²) in [6, 6.07) is 5.51. The minimum Gasteiger partial charge on any atom is -0.507 e. The maximum absolute atomic E-state index is 10.6. The normalized spacial score (nSPS) is 11.6. The Morgan fingerprint density at radius 3 is 2.55 bits per heavy atom. The number of hydrogen-bond donors (Lipinski definition) is 2. The summed E-state index contributed by atoms with van der Waals surface area (Å²) in [6.45, 7) is 12.0. The van der Waals surface area contributed by atoms with Crippen LogP contribution in [-0.4, -0.2) is 52.3 Å². The molecule has 2 aromatic heterocycles. The molecular weight excluding hydrogens is 432 g/mol. The maximum Gasteiger partial charge on any atom is 0.183 e. The molecule has 0 atom stereocenters. The van der Waals surface area contributed by atoms with Crippen LogP contribution in [0, 0.1) is 0 Å². The first kappa shape index (κ1) is 23.6. The van der Waals surface area contributed by atoms with E-state index < -0.39 is 0 Å². The number of thiazole rings is 1. The molecule has 6 nitrogen and oxygen atoms in total. The number of ether oxygens (including phenoxy) is 1. The number of halogens is 1. The van der Waals surface area contributed by atoms with E-state index in [1.54, 1.807) is 18.2 Å². The van der Waals surface area contributed by atoms with Crippen LogP contribution in [0.5, 0.6) is 11.5 Å². The number of pyridine rings is 1. The number of anilines is 1. The molecule has 168 valence electrons. The summed E-state index contributed by atoms with van der Waals surface area (Å²) in [5, 5.41) is 17.6. The van der Waals surface area contributed by atoms with E-state index in [2.05, 4.69) is 42.9 Å². The monoisotopic (exact) mass is 462 g/mol. The van der Waals surface area contributed by atoms with Crippen molar-refractivity contribution in [2.45, 2.75) is 46.6 Å². The molecule has 0 fully saturated rings. The van der Waals surface area contributed by atoms with Crippen LogP contribution >= 0.6 is 22.9 Å². The van der Waals surface area contributed by atoms with Crippen molar-refractivity contribution in [2.24, 2.45) is 0 Å². The lowest BCUT2D eigenvalue weighted by molar-refractivity contribution is 0.209. The highest BCUT2D eigenvalue weighted by Gasteiger charge is 2.16. The first-order chi connectivity index (χ1) is 14.9. The number of benzene rings is 1. The largest absolute Gasteiger partial charge is 0.507 e. The van der Waals surface area contributed by atoms with Crippen molar-refractivity contribution in [3.8, 4) is 22.9 Å². The zero-order valence-electron chi connectivity index (χ0n) is 18.6. The summed E-state index contributed by atoms with van der Waals surface area (Å²) in [6.07, 6.45) is 2.24. The highest BCUT2D eigenvalue weighted by Crippen LogP contribution is 2.38. The van der Waals surface area contributed by atoms with Crippen molar-refractivity contribution in [3.05, 3.63) is 28.6 Å². The standard InChI is InChI=1S/C23H31ClN4O2S/c1-5-9-28(10-6-2)11-12-30-20-8-7-16-19(29)13-17(26-22(16)21(20)24)18-14-31-23(27-18)25-15(3)4/h7-8,13-15H,5-6,9-12H2,1-4H3,(H,25,27)(H,26,29). The molecule has 0 saturated carbocycles. The lowest BCUT2D eigenvalue weighted by Gasteiger charge is -2.21. The van der Waals surface area contributed by atoms with Gasteiger partial charge in [-0.1, -0.05) is 25.4 Å². The molecular formula is C23H31ClN4O2S. The number of aromatic hydroxyl groups is 1. The third-order valence-corrected chi connectivity index (χ3v) is 5.92. The first-order valence-electron chi connectivity index (χ1n) is 10.8. The van der Waals surface area contributed by atoms with Gasteiger partial charge in [0.2, 0.25) is 0 Å². The van der Waals surface area contributed by atoms with Crippen molar-refractivity contribution < 1.29 is 9.84 Å². The van der Waals surface area contributed by atoms with E-state index >= 15 is 0 Å². The third-order valence-electron chi connectivity index (χ3n) is 4.79. The van der Waals surface area contributed by atoms with Crippen molar-refractivity contribution in [3.63, 3.8) is 0 Å². The van der Waals surface area contributed by atoms with Gasteiger partial charge in [0, 0.05) is 29.4 Å². The number of rotatable bonds is 11. The molecule has 0 bridgehead atoms. The van der Waals surface area contributed by atoms with Gasteiger partial charge in [0.15, 0.2) is 5.13 Å². The fraction of sp³-hybridized carbons (Fsp3) is 0.478. The Morgan fingerprint density at radius 2 is 1.87 bits per heavy atom. The number of aromatic nitrogens is 2. The summed E-state index contributed by atoms with van der Waals surface area (Å²) in [4.78, 5) is 11.7. The Balaban J connectivity index is 1.82. The minimum atomic E-state index is 0.122. The Kier molecular flexibility index (Phi) is 8.35. The lowest BCUT2D eigenvalue weighted by Crippen LogP contribution is -2.30. The molecule has 3 aromatic rings. The molecule has 0 amide bonds. The van der Waals surface area contributed by atoms with E-state index in [0.29, 0.717) is 39.7 Å². The number of nitrogens with zero attached hydrogens (tertiary/aromatic N) is 3. The Morgan fingerprint density at radius 1 is 1.13 bits per heavy atom. The zero-order chi connectivity index (χ0) is 22.4. The summed E-state index contributed by atoms with van der Waals surface area (Å²) < 4.78 is 5.98. The van der Waals surface area contributed by atoms with Crippen LogP contribution < -0.4 is 10.1 Å². The lowest BCUT2D eigenvalue weighted by atomic mass is 10.1. The average molecular weight is 463 g/mol. The predicted molar refractivity (Wildman–Crippen MR) is 131 cm³/mol. The van der Waals surface area contributed by atoms with Crippen molar-refractivity contribution in [1.29, 1.82) is 0 Å². The molecule has 0 aliphatic heterocycles. The van der Waals surface area contributed by atoms with Crippen LogP contribution in [-0.2, 0) is 0 Å². The smallest absolute Gasteiger partial charge is 0.183 e. The summed E-state index contributed by atoms with van der Waals surface area (Å²) in [7, 11) is 0. The van der Waals surface area contributed by atoms with E-state index in [1.807, 2.05) is 5.38 Å². The topological polar surface area (TPSA) is 70.5 Å². The Labute approximate surface area is 193 Å². The van der Waals surface area contributed by atoms with E-state index in [-0.39, 0.29) is 11.8 Å². The van der Waals surface area contributed by atoms with Gasteiger partial charge < -0.3 is 15.2 Å². The quantitative estimate of drug-likeness (QED) is 0.362. The molecule has 0 saturated heterocycles. The summed E-state index contributed by atoms with van der Waals surface area (Å²) >= 11 is 8.15. The van der Waals surface area contributed by atoms with Gasteiger partial charge in [0.25, 0.3) is 0 Å². The number of hydrogen-bond acceptors (Lipinski definition) is 7. The van der Waals surface area contributed by atoms with Crippen molar-refractivity contribution in [2.75, 3.05) is 31.6 Å². The van der Waals surface area contributed by atoms with Gasteiger partial charge >= 0.3 is 0 Å². The van der Waals surface area contributed by atoms with Gasteiger partial charge in [-0.25, -0.2) is 9.97 Å². The molecule has 0 unspecified atom stereocenters. The zero-order valence-corrected chi connectivity index (χ0v) is 20.2. The fourth-order valence-electron chi connectivity index (χ4n) is 3.42. The molecule has 0 radical (unpaired) electrons. The molecule has 0 aliphatic carbocycles. The minimum absolute atomic E-state index is 0.122. The SMILES string of the molecule is CCCN(CCC)CCOc1ccc2c(O)cc(-c3csc(NC(C)C)n3)nc2c1Cl. The first-order valence-corrected chi connectivity index (χ1v) is 12.1. The molecule has 2 heterocycles. The molecule has 2 N–H and O–H groups in total. The van der Waals surface area contributed by atoms with Crippen LogP contribution in [0.25, 0.3) is 22.3 Å². The Hall–Kier alpha value is -2.09. The van der Waals surface area contributed by atoms with E-state index in [1.165, 1.54) is 11.3 Å². The second-order valence-electron chi connectivity index (χ2n) is 7.83. The highest BCUT2D eigenvalue weighted by atomic mass is 35.5. The maximum atomic E-state index is 10.6. The highest BCUT2D eigenvalue weighted by molar-refractivity contribution is 7.14. The van der Waals surface area contributed by atoms with Gasteiger partial charge in [0.05, 0.1) is 11.2 Å². The van der Waals surface area contributed by atoms with E-state index in [4.69, 9.17) is 21.3 Å². The molecule has 8 heteroatoms. The van der Waals surface area contributed by atoms with Crippen LogP contribution in [0.15, 0.2) is 23.6 Å². The van der Waals surface area contributed by atoms with Gasteiger partial charge in [-0.3, -0.25) is 4.90 Å². The average Bonchev–Trinajstić information content (AvgIpc) is 3.18. The molecule has 3 rings (SSSR count). The van der Waals surface area contributed by atoms with Gasteiger partial charge in [-0.2, -0.15) is 0 Å². The molecule has 0 aliphatic rings. The number of nitrogens with one attached hydrogen (secondary N) is 1. The van der Waals surface area contributed by atoms with Crippen LogP contribution in [0.3, 0.4) is 0 Å². The van der Waals surface area contributed by atoms with Crippen molar-refractivity contribution in [1.82, 2.24) is 14.9 Å². The van der Waals surface area contributed by atoms with Crippen molar-refractivity contribution >= 4 is 39.0 Å². The molecule has 31 heavy (non-hydrogen) atoms.